The van der Waals surface area contributed by atoms with Gasteiger partial charge in [-0.15, -0.1) is 0 Å². The summed E-state index contributed by atoms with van der Waals surface area (Å²) < 4.78 is 0. The average Bonchev–Trinajstić information content (AvgIpc) is 2.71. The number of nitrogens with one attached hydrogen (secondary N) is 1. The van der Waals surface area contributed by atoms with Crippen molar-refractivity contribution < 1.29 is 9.59 Å². The highest BCUT2D eigenvalue weighted by atomic mass is 16.2. The van der Waals surface area contributed by atoms with E-state index in [-0.39, 0.29) is 17.9 Å². The average molecular weight is 395 g/mol. The highest BCUT2D eigenvalue weighted by Gasteiger charge is 2.26. The number of benzene rings is 2. The number of nitrogens with zero attached hydrogens (tertiary/aromatic N) is 1. The van der Waals surface area contributed by atoms with Crippen LogP contribution in [0.4, 0.5) is 0 Å². The van der Waals surface area contributed by atoms with Gasteiger partial charge in [0.2, 0.25) is 11.8 Å². The van der Waals surface area contributed by atoms with E-state index >= 15 is 0 Å². The Balaban J connectivity index is 2.16. The van der Waals surface area contributed by atoms with E-state index in [1.54, 1.807) is 4.90 Å². The van der Waals surface area contributed by atoms with E-state index in [9.17, 15) is 9.59 Å². The molecule has 29 heavy (non-hydrogen) atoms. The van der Waals surface area contributed by atoms with Crippen LogP contribution in [0.1, 0.15) is 49.4 Å². The maximum Gasteiger partial charge on any atom is 0.242 e. The second-order valence-corrected chi connectivity index (χ2v) is 7.91. The maximum atomic E-state index is 13.2. The van der Waals surface area contributed by atoms with Crippen molar-refractivity contribution in [2.75, 3.05) is 6.54 Å². The third-order valence-electron chi connectivity index (χ3n) is 5.58. The van der Waals surface area contributed by atoms with E-state index in [2.05, 4.69) is 37.4 Å². The Kier molecular flexibility index (Phi) is 8.44. The standard InChI is InChI=1S/C25H34N2O2/c1-6-20(4)26-25(29)21(5)27(15-14-22-10-8-7-9-11-22)24(28)17-23-13-12-18(2)19(3)16-23/h7-13,16,20-21H,6,14-15,17H2,1-5H3,(H,26,29)/t20-,21-/m0/s1. The van der Waals surface area contributed by atoms with E-state index in [1.807, 2.05) is 51.1 Å². The lowest BCUT2D eigenvalue weighted by Crippen LogP contribution is -2.50. The summed E-state index contributed by atoms with van der Waals surface area (Å²) in [5.74, 6) is -0.114. The zero-order valence-corrected chi connectivity index (χ0v) is 18.4. The molecule has 0 aliphatic heterocycles. The van der Waals surface area contributed by atoms with Crippen LogP contribution in [-0.2, 0) is 22.4 Å². The van der Waals surface area contributed by atoms with Gasteiger partial charge in [-0.25, -0.2) is 0 Å². The van der Waals surface area contributed by atoms with Gasteiger partial charge in [0.15, 0.2) is 0 Å². The first-order valence-corrected chi connectivity index (χ1v) is 10.5. The number of aryl methyl sites for hydroxylation is 2. The number of amides is 2. The van der Waals surface area contributed by atoms with Crippen molar-refractivity contribution >= 4 is 11.8 Å². The Morgan fingerprint density at radius 1 is 0.966 bits per heavy atom. The Labute approximate surface area is 175 Å². The van der Waals surface area contributed by atoms with Gasteiger partial charge in [0.25, 0.3) is 0 Å². The molecule has 0 fully saturated rings. The van der Waals surface area contributed by atoms with Gasteiger partial charge in [-0.05, 0) is 62.8 Å². The first-order valence-electron chi connectivity index (χ1n) is 10.5. The summed E-state index contributed by atoms with van der Waals surface area (Å²) in [6, 6.07) is 15.8. The fraction of sp³-hybridized carbons (Fsp3) is 0.440. The van der Waals surface area contributed by atoms with Crippen molar-refractivity contribution in [2.45, 2.75) is 66.0 Å². The fourth-order valence-corrected chi connectivity index (χ4v) is 3.23. The third kappa shape index (κ3) is 6.74. The van der Waals surface area contributed by atoms with Gasteiger partial charge in [-0.1, -0.05) is 55.5 Å². The molecule has 4 nitrogen and oxygen atoms in total. The van der Waals surface area contributed by atoms with Gasteiger partial charge in [-0.2, -0.15) is 0 Å². The summed E-state index contributed by atoms with van der Waals surface area (Å²) in [5, 5.41) is 3.01. The predicted octanol–water partition coefficient (Wildman–Crippen LogP) is 4.22. The number of hydrogen-bond acceptors (Lipinski definition) is 2. The van der Waals surface area contributed by atoms with Crippen LogP contribution >= 0.6 is 0 Å². The summed E-state index contributed by atoms with van der Waals surface area (Å²) in [4.78, 5) is 27.6. The largest absolute Gasteiger partial charge is 0.352 e. The van der Waals surface area contributed by atoms with E-state index in [0.717, 1.165) is 24.0 Å². The van der Waals surface area contributed by atoms with Crippen LogP contribution in [0.2, 0.25) is 0 Å². The SMILES string of the molecule is CC[C@H](C)NC(=O)[C@H](C)N(CCc1ccccc1)C(=O)Cc1ccc(C)c(C)c1. The van der Waals surface area contributed by atoms with Gasteiger partial charge in [0.05, 0.1) is 6.42 Å². The second-order valence-electron chi connectivity index (χ2n) is 7.91. The Hall–Kier alpha value is -2.62. The monoisotopic (exact) mass is 394 g/mol. The maximum absolute atomic E-state index is 13.2. The van der Waals surface area contributed by atoms with Gasteiger partial charge >= 0.3 is 0 Å². The first-order chi connectivity index (χ1) is 13.8. The molecule has 156 valence electrons. The molecule has 0 spiro atoms. The lowest BCUT2D eigenvalue weighted by Gasteiger charge is -2.30. The molecule has 0 saturated heterocycles. The highest BCUT2D eigenvalue weighted by Crippen LogP contribution is 2.13. The molecule has 4 heteroatoms. The smallest absolute Gasteiger partial charge is 0.242 e. The molecule has 0 aromatic heterocycles. The molecular weight excluding hydrogens is 360 g/mol. The number of hydrogen-bond donors (Lipinski definition) is 1. The van der Waals surface area contributed by atoms with E-state index in [4.69, 9.17) is 0 Å². The predicted molar refractivity (Wildman–Crippen MR) is 119 cm³/mol. The topological polar surface area (TPSA) is 49.4 Å². The lowest BCUT2D eigenvalue weighted by atomic mass is 10.0. The number of carbonyl (C=O) groups excluding carboxylic acids is 2. The van der Waals surface area contributed by atoms with E-state index in [0.29, 0.717) is 13.0 Å². The minimum Gasteiger partial charge on any atom is -0.352 e. The molecule has 0 aliphatic rings. The Morgan fingerprint density at radius 3 is 2.28 bits per heavy atom. The highest BCUT2D eigenvalue weighted by molar-refractivity contribution is 5.88. The molecule has 0 radical (unpaired) electrons. The molecule has 2 amide bonds. The number of rotatable bonds is 9. The van der Waals surface area contributed by atoms with Crippen molar-refractivity contribution in [2.24, 2.45) is 0 Å². The molecule has 0 heterocycles. The molecule has 0 unspecified atom stereocenters. The van der Waals surface area contributed by atoms with Crippen molar-refractivity contribution in [1.29, 1.82) is 0 Å². The zero-order chi connectivity index (χ0) is 21.4. The molecule has 2 aromatic carbocycles. The van der Waals surface area contributed by atoms with E-state index < -0.39 is 6.04 Å². The van der Waals surface area contributed by atoms with Gasteiger partial charge in [0, 0.05) is 12.6 Å². The minimum atomic E-state index is -0.508. The van der Waals surface area contributed by atoms with Crippen LogP contribution in [0.25, 0.3) is 0 Å². The van der Waals surface area contributed by atoms with Crippen LogP contribution in [-0.4, -0.2) is 35.3 Å². The van der Waals surface area contributed by atoms with Crippen LogP contribution in [0.15, 0.2) is 48.5 Å². The molecule has 0 saturated carbocycles. The van der Waals surface area contributed by atoms with Crippen molar-refractivity contribution in [3.05, 3.63) is 70.8 Å². The molecule has 2 atom stereocenters. The summed E-state index contributed by atoms with van der Waals surface area (Å²) >= 11 is 0. The van der Waals surface area contributed by atoms with Crippen LogP contribution in [0.5, 0.6) is 0 Å². The van der Waals surface area contributed by atoms with Gasteiger partial charge in [-0.3, -0.25) is 9.59 Å². The summed E-state index contributed by atoms with van der Waals surface area (Å²) in [5.41, 5.74) is 4.53. The first kappa shape index (κ1) is 22.7. The second kappa shape index (κ2) is 10.8. The van der Waals surface area contributed by atoms with E-state index in [1.165, 1.54) is 11.1 Å². The number of carbonyl (C=O) groups is 2. The molecular formula is C25H34N2O2. The third-order valence-corrected chi connectivity index (χ3v) is 5.58. The van der Waals surface area contributed by atoms with Crippen molar-refractivity contribution in [1.82, 2.24) is 10.2 Å². The normalized spacial score (nSPS) is 12.9. The molecule has 2 rings (SSSR count). The Morgan fingerprint density at radius 2 is 1.66 bits per heavy atom. The summed E-state index contributed by atoms with van der Waals surface area (Å²) in [6.45, 7) is 10.5. The quantitative estimate of drug-likeness (QED) is 0.692. The van der Waals surface area contributed by atoms with Crippen LogP contribution < -0.4 is 5.32 Å². The van der Waals surface area contributed by atoms with Gasteiger partial charge < -0.3 is 10.2 Å². The van der Waals surface area contributed by atoms with Crippen LogP contribution in [0, 0.1) is 13.8 Å². The minimum absolute atomic E-state index is 0.0176. The Bertz CT molecular complexity index is 817. The van der Waals surface area contributed by atoms with Crippen LogP contribution in [0.3, 0.4) is 0 Å². The summed E-state index contributed by atoms with van der Waals surface area (Å²) in [6.07, 6.45) is 1.89. The zero-order valence-electron chi connectivity index (χ0n) is 18.4. The molecule has 2 aromatic rings. The molecule has 1 N–H and O–H groups in total. The fourth-order valence-electron chi connectivity index (χ4n) is 3.23. The molecule has 0 aliphatic carbocycles. The van der Waals surface area contributed by atoms with Gasteiger partial charge in [0.1, 0.15) is 6.04 Å². The molecule has 0 bridgehead atoms. The van der Waals surface area contributed by atoms with Crippen molar-refractivity contribution in [3.8, 4) is 0 Å². The summed E-state index contributed by atoms with van der Waals surface area (Å²) in [7, 11) is 0. The van der Waals surface area contributed by atoms with Crippen molar-refractivity contribution in [3.63, 3.8) is 0 Å². The lowest BCUT2D eigenvalue weighted by molar-refractivity contribution is -0.139.